The minimum absolute atomic E-state index is 0.0129. The number of hydrogen-bond donors (Lipinski definition) is 3. The average Bonchev–Trinajstić information content (AvgIpc) is 3.44. The van der Waals surface area contributed by atoms with E-state index in [1.165, 1.54) is 70.6 Å². The Kier molecular flexibility index (Phi) is 49.5. The van der Waals surface area contributed by atoms with Gasteiger partial charge in [-0.15, -0.1) is 0 Å². The molecule has 1 aliphatic rings. The Hall–Kier alpha value is -4.62. The minimum Gasteiger partial charge on any atom is -0.479 e. The van der Waals surface area contributed by atoms with Gasteiger partial charge < -0.3 is 39.0 Å². The smallest absolute Gasteiger partial charge is 0.335 e. The molecule has 3 N–H and O–H groups in total. The van der Waals surface area contributed by atoms with Gasteiger partial charge in [-0.1, -0.05) is 226 Å². The van der Waals surface area contributed by atoms with E-state index in [9.17, 15) is 34.5 Å². The Morgan fingerprint density at radius 3 is 1.24 bits per heavy atom. The van der Waals surface area contributed by atoms with Crippen LogP contribution in [0.15, 0.2) is 109 Å². The predicted molar refractivity (Wildman–Crippen MR) is 321 cm³/mol. The van der Waals surface area contributed by atoms with Crippen molar-refractivity contribution in [2.75, 3.05) is 13.2 Å². The van der Waals surface area contributed by atoms with Crippen LogP contribution in [0.5, 0.6) is 0 Å². The zero-order chi connectivity index (χ0) is 57.5. The van der Waals surface area contributed by atoms with Gasteiger partial charge in [0.1, 0.15) is 18.8 Å². The molecule has 0 aromatic rings. The van der Waals surface area contributed by atoms with Crippen LogP contribution < -0.4 is 0 Å². The number of carboxylic acids is 1. The molecular formula is C67H108O12. The molecule has 1 rings (SSSR count). The van der Waals surface area contributed by atoms with Crippen LogP contribution in [0.4, 0.5) is 0 Å². The van der Waals surface area contributed by atoms with Crippen molar-refractivity contribution >= 4 is 23.9 Å². The number of carbonyl (C=O) groups is 4. The fourth-order valence-corrected chi connectivity index (χ4v) is 8.68. The molecule has 12 nitrogen and oxygen atoms in total. The quantitative estimate of drug-likeness (QED) is 0.0228. The van der Waals surface area contributed by atoms with Crippen molar-refractivity contribution in [1.29, 1.82) is 0 Å². The Morgan fingerprint density at radius 2 is 0.797 bits per heavy atom. The van der Waals surface area contributed by atoms with Crippen molar-refractivity contribution in [3.05, 3.63) is 109 Å². The molecule has 0 aliphatic carbocycles. The number of aliphatic hydroxyl groups excluding tert-OH is 2. The first-order chi connectivity index (χ1) is 38.6. The van der Waals surface area contributed by atoms with Crippen LogP contribution in [0.2, 0.25) is 0 Å². The summed E-state index contributed by atoms with van der Waals surface area (Å²) in [6, 6.07) is 0. The average molecular weight is 1110 g/mol. The van der Waals surface area contributed by atoms with E-state index in [-0.39, 0.29) is 25.9 Å². The molecule has 0 aromatic heterocycles. The van der Waals surface area contributed by atoms with Crippen molar-refractivity contribution in [1.82, 2.24) is 0 Å². The molecule has 1 saturated heterocycles. The first-order valence-electron chi connectivity index (χ1n) is 30.9. The zero-order valence-corrected chi connectivity index (χ0v) is 49.3. The number of aliphatic carboxylic acids is 1. The molecule has 1 heterocycles. The molecule has 0 saturated carbocycles. The highest BCUT2D eigenvalue weighted by Crippen LogP contribution is 2.26. The van der Waals surface area contributed by atoms with Gasteiger partial charge in [-0.3, -0.25) is 14.4 Å². The summed E-state index contributed by atoms with van der Waals surface area (Å²) in [5.41, 5.74) is 0. The third-order valence-electron chi connectivity index (χ3n) is 13.3. The summed E-state index contributed by atoms with van der Waals surface area (Å²) in [6.07, 6.45) is 60.5. The highest BCUT2D eigenvalue weighted by Gasteiger charge is 2.50. The van der Waals surface area contributed by atoms with E-state index in [1.54, 1.807) is 0 Å². The highest BCUT2D eigenvalue weighted by atomic mass is 16.7. The SMILES string of the molecule is CC/C=C\C/C=C\C/C=C\C/C=C\C/C=C\CCCCCC(=O)OC1C(OCC(COC(=O)CCCC/C=C\C/C=C\C/C=C\C/C=C\CC)OC(=O)CCCCCCCCCCCCCCCCC)OC(C(=O)O)C(O)C1O. The summed E-state index contributed by atoms with van der Waals surface area (Å²) < 4.78 is 28.4. The van der Waals surface area contributed by atoms with Gasteiger partial charge in [-0.2, -0.15) is 0 Å². The number of aliphatic hydroxyl groups is 2. The number of unbranched alkanes of at least 4 members (excludes halogenated alkanes) is 19. The van der Waals surface area contributed by atoms with Crippen LogP contribution in [-0.4, -0.2) is 89.2 Å². The molecule has 0 aromatic carbocycles. The third-order valence-corrected chi connectivity index (χ3v) is 13.3. The van der Waals surface area contributed by atoms with E-state index < -0.39 is 67.3 Å². The second-order valence-electron chi connectivity index (χ2n) is 20.6. The maximum absolute atomic E-state index is 13.2. The number of ether oxygens (including phenoxy) is 5. The van der Waals surface area contributed by atoms with E-state index in [4.69, 9.17) is 23.7 Å². The third kappa shape index (κ3) is 43.8. The van der Waals surface area contributed by atoms with Crippen molar-refractivity contribution in [2.45, 2.75) is 276 Å². The monoisotopic (exact) mass is 1100 g/mol. The van der Waals surface area contributed by atoms with E-state index >= 15 is 0 Å². The molecule has 1 aliphatic heterocycles. The summed E-state index contributed by atoms with van der Waals surface area (Å²) in [4.78, 5) is 51.2. The number of rotatable bonds is 51. The van der Waals surface area contributed by atoms with Gasteiger partial charge >= 0.3 is 23.9 Å². The molecule has 0 bridgehead atoms. The maximum Gasteiger partial charge on any atom is 0.335 e. The van der Waals surface area contributed by atoms with Gasteiger partial charge in [0, 0.05) is 19.3 Å². The lowest BCUT2D eigenvalue weighted by molar-refractivity contribution is -0.301. The van der Waals surface area contributed by atoms with Crippen LogP contribution in [0.1, 0.15) is 239 Å². The van der Waals surface area contributed by atoms with Gasteiger partial charge in [0.05, 0.1) is 6.61 Å². The Balaban J connectivity index is 2.72. The Labute approximate surface area is 478 Å². The van der Waals surface area contributed by atoms with Crippen LogP contribution >= 0.6 is 0 Å². The fourth-order valence-electron chi connectivity index (χ4n) is 8.68. The molecule has 6 unspecified atom stereocenters. The minimum atomic E-state index is -1.92. The maximum atomic E-state index is 13.2. The van der Waals surface area contributed by atoms with Crippen LogP contribution in [0.25, 0.3) is 0 Å². The summed E-state index contributed by atoms with van der Waals surface area (Å²) in [5, 5.41) is 31.5. The van der Waals surface area contributed by atoms with Gasteiger partial charge in [0.15, 0.2) is 24.6 Å². The second-order valence-corrected chi connectivity index (χ2v) is 20.6. The first kappa shape index (κ1) is 72.4. The van der Waals surface area contributed by atoms with Crippen LogP contribution in [0.3, 0.4) is 0 Å². The summed E-state index contributed by atoms with van der Waals surface area (Å²) in [6.45, 7) is 5.72. The number of carbonyl (C=O) groups excluding carboxylic acids is 3. The molecule has 6 atom stereocenters. The van der Waals surface area contributed by atoms with Crippen LogP contribution in [0, 0.1) is 0 Å². The molecule has 12 heteroatoms. The summed E-state index contributed by atoms with van der Waals surface area (Å²) >= 11 is 0. The molecular weight excluding hydrogens is 997 g/mol. The van der Waals surface area contributed by atoms with E-state index in [2.05, 4.69) is 130 Å². The first-order valence-corrected chi connectivity index (χ1v) is 30.9. The predicted octanol–water partition coefficient (Wildman–Crippen LogP) is 16.2. The van der Waals surface area contributed by atoms with Crippen molar-refractivity contribution in [3.63, 3.8) is 0 Å². The molecule has 0 spiro atoms. The Morgan fingerprint density at radius 1 is 0.430 bits per heavy atom. The summed E-state index contributed by atoms with van der Waals surface area (Å²) in [5.74, 6) is -3.22. The second kappa shape index (κ2) is 54.0. The standard InChI is InChI=1S/C67H108O12/c1-4-7-10-13-16-19-22-25-28-29-30-31-34-37-40-43-46-49-52-55-61(70)78-65-63(72)62(71)64(66(73)74)79-67(65)76-57-58(77-60(69)54-51-48-45-42-39-36-33-27-24-21-18-15-12-9-6-3)56-75-59(68)53-50-47-44-41-38-35-32-26-23-20-17-14-11-8-5-2/h7-8,10-11,16-17,19-20,25-26,28,30-32,37-38,40-41,58,62-65,67,71-72H,4-6,9,12-15,18,21-24,27,29,33-36,39,42-57H2,1-3H3,(H,73,74)/b10-7-,11-8-,19-16-,20-17-,28-25-,31-30-,32-26-,40-37-,41-38-. The van der Waals surface area contributed by atoms with Gasteiger partial charge in [0.2, 0.25) is 0 Å². The molecule has 79 heavy (non-hydrogen) atoms. The normalized spacial score (nSPS) is 18.6. The van der Waals surface area contributed by atoms with Crippen molar-refractivity contribution < 1.29 is 58.2 Å². The number of allylic oxidation sites excluding steroid dienone is 18. The number of esters is 3. The fraction of sp³-hybridized carbons (Fsp3) is 0.672. The van der Waals surface area contributed by atoms with E-state index in [0.29, 0.717) is 19.3 Å². The zero-order valence-electron chi connectivity index (χ0n) is 49.3. The molecule has 0 radical (unpaired) electrons. The van der Waals surface area contributed by atoms with Gasteiger partial charge in [0.25, 0.3) is 0 Å². The van der Waals surface area contributed by atoms with Crippen LogP contribution in [-0.2, 0) is 42.9 Å². The highest BCUT2D eigenvalue weighted by molar-refractivity contribution is 5.74. The summed E-state index contributed by atoms with van der Waals surface area (Å²) in [7, 11) is 0. The molecule has 1 fully saturated rings. The topological polar surface area (TPSA) is 175 Å². The largest absolute Gasteiger partial charge is 0.479 e. The van der Waals surface area contributed by atoms with E-state index in [0.717, 1.165) is 109 Å². The number of carboxylic acid groups (broad SMARTS) is 1. The lowest BCUT2D eigenvalue weighted by Gasteiger charge is -2.40. The molecule has 448 valence electrons. The van der Waals surface area contributed by atoms with E-state index in [1.807, 2.05) is 0 Å². The van der Waals surface area contributed by atoms with Crippen molar-refractivity contribution in [2.24, 2.45) is 0 Å². The van der Waals surface area contributed by atoms with Crippen molar-refractivity contribution in [3.8, 4) is 0 Å². The van der Waals surface area contributed by atoms with Gasteiger partial charge in [-0.05, 0) is 103 Å². The Bertz CT molecular complexity index is 1790. The number of hydrogen-bond acceptors (Lipinski definition) is 11. The molecule has 0 amide bonds. The lowest BCUT2D eigenvalue weighted by Crippen LogP contribution is -2.61. The van der Waals surface area contributed by atoms with Gasteiger partial charge in [-0.25, -0.2) is 4.79 Å². The lowest BCUT2D eigenvalue weighted by atomic mass is 9.98.